The molecule has 1 aromatic carbocycles. The van der Waals surface area contributed by atoms with Crippen molar-refractivity contribution in [3.8, 4) is 0 Å². The van der Waals surface area contributed by atoms with Crippen LogP contribution in [0.2, 0.25) is 0 Å². The van der Waals surface area contributed by atoms with E-state index in [2.05, 4.69) is 10.6 Å². The van der Waals surface area contributed by atoms with Gasteiger partial charge in [0.1, 0.15) is 6.54 Å². The molecule has 9 heteroatoms. The molecule has 0 unspecified atom stereocenters. The Bertz CT molecular complexity index is 785. The van der Waals surface area contributed by atoms with Gasteiger partial charge in [-0.1, -0.05) is 12.1 Å². The molecule has 0 radical (unpaired) electrons. The molecule has 130 valence electrons. The van der Waals surface area contributed by atoms with Gasteiger partial charge in [0.25, 0.3) is 17.7 Å². The first-order valence-electron chi connectivity index (χ1n) is 7.13. The second-order valence-electron chi connectivity index (χ2n) is 4.78. The Hall–Kier alpha value is -3.62. The summed E-state index contributed by atoms with van der Waals surface area (Å²) in [6.07, 6.45) is 1.32. The van der Waals surface area contributed by atoms with E-state index in [1.54, 1.807) is 12.1 Å². The number of hydrogen-bond acceptors (Lipinski definition) is 6. The zero-order valence-corrected chi connectivity index (χ0v) is 13.0. The molecule has 25 heavy (non-hydrogen) atoms. The molecule has 3 amide bonds. The van der Waals surface area contributed by atoms with Crippen LogP contribution in [0.4, 0.5) is 5.69 Å². The van der Waals surface area contributed by atoms with Crippen molar-refractivity contribution in [1.29, 1.82) is 0 Å². The van der Waals surface area contributed by atoms with Crippen LogP contribution in [0.5, 0.6) is 0 Å². The van der Waals surface area contributed by atoms with Crippen LogP contribution in [0.1, 0.15) is 20.9 Å². The number of ether oxygens (including phenoxy) is 1. The highest BCUT2D eigenvalue weighted by Gasteiger charge is 2.14. The number of esters is 1. The van der Waals surface area contributed by atoms with Gasteiger partial charge >= 0.3 is 5.97 Å². The lowest BCUT2D eigenvalue weighted by Crippen LogP contribution is -2.32. The average Bonchev–Trinajstić information content (AvgIpc) is 3.13. The van der Waals surface area contributed by atoms with E-state index in [0.29, 0.717) is 0 Å². The Labute approximate surface area is 142 Å². The van der Waals surface area contributed by atoms with Gasteiger partial charge in [-0.2, -0.15) is 0 Å². The van der Waals surface area contributed by atoms with Crippen molar-refractivity contribution in [2.75, 3.05) is 18.5 Å². The molecule has 0 saturated carbocycles. The molecule has 1 aromatic heterocycles. The highest BCUT2D eigenvalue weighted by atomic mass is 16.5. The molecule has 2 rings (SSSR count). The summed E-state index contributed by atoms with van der Waals surface area (Å²) in [5.41, 5.74) is 5.54. The summed E-state index contributed by atoms with van der Waals surface area (Å²) in [6.45, 7) is -1.01. The van der Waals surface area contributed by atoms with Crippen molar-refractivity contribution >= 4 is 29.4 Å². The van der Waals surface area contributed by atoms with Crippen LogP contribution in [0.3, 0.4) is 0 Å². The number of nitrogens with two attached hydrogens (primary N) is 1. The number of benzene rings is 1. The van der Waals surface area contributed by atoms with E-state index in [1.807, 2.05) is 0 Å². The number of carbonyl (C=O) groups excluding carboxylic acids is 4. The number of carbonyl (C=O) groups is 4. The first kappa shape index (κ1) is 17.7. The fourth-order valence-electron chi connectivity index (χ4n) is 1.84. The molecule has 9 nitrogen and oxygen atoms in total. The monoisotopic (exact) mass is 345 g/mol. The SMILES string of the molecule is NC(=O)c1ccccc1NC(=O)COC(=O)CNC(=O)c1ccco1. The summed E-state index contributed by atoms with van der Waals surface area (Å²) in [5.74, 6) is -2.69. The lowest BCUT2D eigenvalue weighted by atomic mass is 10.1. The van der Waals surface area contributed by atoms with Gasteiger partial charge in [0, 0.05) is 0 Å². The van der Waals surface area contributed by atoms with Gasteiger partial charge in [-0.3, -0.25) is 19.2 Å². The summed E-state index contributed by atoms with van der Waals surface area (Å²) >= 11 is 0. The largest absolute Gasteiger partial charge is 0.459 e. The van der Waals surface area contributed by atoms with Gasteiger partial charge in [0.2, 0.25) is 0 Å². The van der Waals surface area contributed by atoms with Gasteiger partial charge in [0.15, 0.2) is 12.4 Å². The number of rotatable bonds is 7. The number of hydrogen-bond donors (Lipinski definition) is 3. The molecule has 0 spiro atoms. The lowest BCUT2D eigenvalue weighted by Gasteiger charge is -2.09. The highest BCUT2D eigenvalue weighted by molar-refractivity contribution is 6.03. The minimum Gasteiger partial charge on any atom is -0.459 e. The predicted molar refractivity (Wildman–Crippen MR) is 85.6 cm³/mol. The molecule has 0 atom stereocenters. The minimum absolute atomic E-state index is 0.0496. The van der Waals surface area contributed by atoms with Crippen molar-refractivity contribution < 1.29 is 28.3 Å². The first-order valence-corrected chi connectivity index (χ1v) is 7.13. The molecule has 0 aliphatic carbocycles. The van der Waals surface area contributed by atoms with Gasteiger partial charge in [0.05, 0.1) is 17.5 Å². The Morgan fingerprint density at radius 2 is 1.84 bits per heavy atom. The fourth-order valence-corrected chi connectivity index (χ4v) is 1.84. The molecule has 4 N–H and O–H groups in total. The van der Waals surface area contributed by atoms with Crippen molar-refractivity contribution in [3.05, 3.63) is 54.0 Å². The van der Waals surface area contributed by atoms with E-state index >= 15 is 0 Å². The molecule has 0 fully saturated rings. The molecular weight excluding hydrogens is 330 g/mol. The first-order chi connectivity index (χ1) is 12.0. The van der Waals surface area contributed by atoms with Crippen LogP contribution in [0.25, 0.3) is 0 Å². The summed E-state index contributed by atoms with van der Waals surface area (Å²) in [6, 6.07) is 9.11. The third-order valence-corrected chi connectivity index (χ3v) is 2.97. The average molecular weight is 345 g/mol. The van der Waals surface area contributed by atoms with Gasteiger partial charge in [-0.15, -0.1) is 0 Å². The lowest BCUT2D eigenvalue weighted by molar-refractivity contribution is -0.146. The number of anilines is 1. The van der Waals surface area contributed by atoms with Crippen molar-refractivity contribution in [3.63, 3.8) is 0 Å². The fraction of sp³-hybridized carbons (Fsp3) is 0.125. The molecule has 2 aromatic rings. The van der Waals surface area contributed by atoms with E-state index in [9.17, 15) is 19.2 Å². The molecule has 0 bridgehead atoms. The second kappa shape index (κ2) is 8.29. The number of nitrogens with one attached hydrogen (secondary N) is 2. The van der Waals surface area contributed by atoms with Crippen molar-refractivity contribution in [2.24, 2.45) is 5.73 Å². The molecular formula is C16H15N3O6. The van der Waals surface area contributed by atoms with E-state index in [4.69, 9.17) is 14.9 Å². The zero-order valence-electron chi connectivity index (χ0n) is 13.0. The highest BCUT2D eigenvalue weighted by Crippen LogP contribution is 2.13. The molecule has 0 aliphatic heterocycles. The minimum atomic E-state index is -0.807. The summed E-state index contributed by atoms with van der Waals surface area (Å²) in [5, 5.41) is 4.70. The van der Waals surface area contributed by atoms with E-state index in [1.165, 1.54) is 30.5 Å². The standard InChI is InChI=1S/C16H15N3O6/c17-15(22)10-4-1-2-5-11(10)19-13(20)9-25-14(21)8-18-16(23)12-6-3-7-24-12/h1-7H,8-9H2,(H2,17,22)(H,18,23)(H,19,20). The summed E-state index contributed by atoms with van der Waals surface area (Å²) in [4.78, 5) is 46.1. The van der Waals surface area contributed by atoms with Crippen LogP contribution in [0, 0.1) is 0 Å². The third-order valence-electron chi connectivity index (χ3n) is 2.97. The normalized spacial score (nSPS) is 9.92. The number of para-hydroxylation sites is 1. The Balaban J connectivity index is 1.77. The Kier molecular flexibility index (Phi) is 5.88. The van der Waals surface area contributed by atoms with Crippen LogP contribution in [-0.4, -0.2) is 36.8 Å². The molecule has 0 aliphatic rings. The Morgan fingerprint density at radius 3 is 2.52 bits per heavy atom. The van der Waals surface area contributed by atoms with E-state index in [0.717, 1.165) is 0 Å². The topological polar surface area (TPSA) is 141 Å². The third kappa shape index (κ3) is 5.20. The maximum atomic E-state index is 11.8. The van der Waals surface area contributed by atoms with E-state index in [-0.39, 0.29) is 17.0 Å². The Morgan fingerprint density at radius 1 is 1.08 bits per heavy atom. The van der Waals surface area contributed by atoms with Gasteiger partial charge in [-0.25, -0.2) is 0 Å². The zero-order chi connectivity index (χ0) is 18.2. The summed E-state index contributed by atoms with van der Waals surface area (Å²) < 4.78 is 9.59. The molecule has 1 heterocycles. The predicted octanol–water partition coefficient (Wildman–Crippen LogP) is 0.290. The van der Waals surface area contributed by atoms with Crippen molar-refractivity contribution in [2.45, 2.75) is 0 Å². The maximum absolute atomic E-state index is 11.8. The number of primary amides is 1. The second-order valence-corrected chi connectivity index (χ2v) is 4.78. The van der Waals surface area contributed by atoms with Crippen LogP contribution >= 0.6 is 0 Å². The maximum Gasteiger partial charge on any atom is 0.325 e. The summed E-state index contributed by atoms with van der Waals surface area (Å²) in [7, 11) is 0. The number of amides is 3. The van der Waals surface area contributed by atoms with Gasteiger partial charge < -0.3 is 25.5 Å². The van der Waals surface area contributed by atoms with Gasteiger partial charge in [-0.05, 0) is 24.3 Å². The van der Waals surface area contributed by atoms with Crippen LogP contribution in [-0.2, 0) is 14.3 Å². The van der Waals surface area contributed by atoms with Crippen LogP contribution < -0.4 is 16.4 Å². The smallest absolute Gasteiger partial charge is 0.325 e. The quantitative estimate of drug-likeness (QED) is 0.616. The number of furan rings is 1. The molecule has 0 saturated heterocycles. The van der Waals surface area contributed by atoms with Crippen molar-refractivity contribution in [1.82, 2.24) is 5.32 Å². The van der Waals surface area contributed by atoms with E-state index < -0.39 is 36.8 Å². The van der Waals surface area contributed by atoms with Crippen LogP contribution in [0.15, 0.2) is 47.1 Å².